The summed E-state index contributed by atoms with van der Waals surface area (Å²) < 4.78 is 34.5. The lowest BCUT2D eigenvalue weighted by Gasteiger charge is -2.43. The monoisotopic (exact) mass is 518 g/mol. The molecular weight excluding hydrogens is 493 g/mol. The number of hydrogen-bond donors (Lipinski definition) is 1. The third-order valence-corrected chi connectivity index (χ3v) is 6.67. The van der Waals surface area contributed by atoms with Crippen molar-refractivity contribution in [2.45, 2.75) is 37.6 Å². The van der Waals surface area contributed by atoms with Gasteiger partial charge in [0, 0.05) is 39.1 Å². The Hall–Kier alpha value is -4.00. The quantitative estimate of drug-likeness (QED) is 0.524. The largest absolute Gasteiger partial charge is 0.490 e. The number of benzene rings is 1. The SMILES string of the molecule is CN1c2nn(-c3ccccc3)c(=O)c(=O)n2CC12CCN(Cc1cccnc1)CC2.O=C(O)C(F)(F)F. The zero-order valence-electron chi connectivity index (χ0n) is 19.9. The average molecular weight is 518 g/mol. The Labute approximate surface area is 209 Å². The summed E-state index contributed by atoms with van der Waals surface area (Å²) in [4.78, 5) is 43.2. The summed E-state index contributed by atoms with van der Waals surface area (Å²) in [6.07, 6.45) is 0.428. The first-order valence-electron chi connectivity index (χ1n) is 11.5. The van der Waals surface area contributed by atoms with Gasteiger partial charge in [-0.15, -0.1) is 5.10 Å². The van der Waals surface area contributed by atoms with Crippen LogP contribution in [0.5, 0.6) is 0 Å². The van der Waals surface area contributed by atoms with Gasteiger partial charge in [-0.05, 0) is 36.6 Å². The highest BCUT2D eigenvalue weighted by molar-refractivity contribution is 5.73. The maximum atomic E-state index is 12.9. The van der Waals surface area contributed by atoms with Crippen LogP contribution in [0.3, 0.4) is 0 Å². The number of nitrogens with zero attached hydrogens (tertiary/aromatic N) is 6. The van der Waals surface area contributed by atoms with Crippen molar-refractivity contribution in [1.29, 1.82) is 0 Å². The second kappa shape index (κ2) is 10.2. The van der Waals surface area contributed by atoms with E-state index in [1.54, 1.807) is 22.9 Å². The highest BCUT2D eigenvalue weighted by Gasteiger charge is 2.46. The number of hydrogen-bond acceptors (Lipinski definition) is 7. The molecule has 0 aliphatic carbocycles. The molecule has 3 aromatic rings. The molecule has 2 aliphatic heterocycles. The fraction of sp³-hybridized carbons (Fsp3) is 0.375. The van der Waals surface area contributed by atoms with Crippen molar-refractivity contribution in [1.82, 2.24) is 24.2 Å². The molecule has 10 nitrogen and oxygen atoms in total. The maximum absolute atomic E-state index is 12.9. The Morgan fingerprint density at radius 2 is 1.70 bits per heavy atom. The zero-order valence-corrected chi connectivity index (χ0v) is 19.9. The van der Waals surface area contributed by atoms with Gasteiger partial charge in [-0.25, -0.2) is 4.79 Å². The Balaban J connectivity index is 0.000000405. The van der Waals surface area contributed by atoms with E-state index in [-0.39, 0.29) is 5.54 Å². The molecule has 0 bridgehead atoms. The van der Waals surface area contributed by atoms with Crippen molar-refractivity contribution in [2.24, 2.45) is 0 Å². The van der Waals surface area contributed by atoms with E-state index in [0.29, 0.717) is 18.2 Å². The normalized spacial score (nSPS) is 16.7. The number of para-hydroxylation sites is 1. The summed E-state index contributed by atoms with van der Waals surface area (Å²) in [5.41, 5.74) is 0.500. The highest BCUT2D eigenvalue weighted by atomic mass is 19.4. The van der Waals surface area contributed by atoms with E-state index in [1.165, 1.54) is 10.2 Å². The summed E-state index contributed by atoms with van der Waals surface area (Å²) in [7, 11) is 1.99. The summed E-state index contributed by atoms with van der Waals surface area (Å²) in [5.74, 6) is -2.20. The molecule has 1 saturated heterocycles. The van der Waals surface area contributed by atoms with Gasteiger partial charge in [0.2, 0.25) is 5.95 Å². The van der Waals surface area contributed by atoms with E-state index in [4.69, 9.17) is 9.90 Å². The fourth-order valence-electron chi connectivity index (χ4n) is 4.60. The highest BCUT2D eigenvalue weighted by Crippen LogP contribution is 2.37. The van der Waals surface area contributed by atoms with Gasteiger partial charge < -0.3 is 10.0 Å². The van der Waals surface area contributed by atoms with Gasteiger partial charge >= 0.3 is 23.3 Å². The van der Waals surface area contributed by atoms with Crippen molar-refractivity contribution in [3.63, 3.8) is 0 Å². The number of carbonyl (C=O) groups is 1. The molecule has 1 fully saturated rings. The third-order valence-electron chi connectivity index (χ3n) is 6.67. The van der Waals surface area contributed by atoms with Gasteiger partial charge in [0.05, 0.1) is 17.8 Å². The lowest BCUT2D eigenvalue weighted by molar-refractivity contribution is -0.192. The maximum Gasteiger partial charge on any atom is 0.490 e. The van der Waals surface area contributed by atoms with Crippen molar-refractivity contribution >= 4 is 11.9 Å². The van der Waals surface area contributed by atoms with Crippen LogP contribution in [0.25, 0.3) is 5.69 Å². The molecule has 0 unspecified atom stereocenters. The molecule has 0 saturated carbocycles. The zero-order chi connectivity index (χ0) is 26.8. The molecule has 1 aromatic carbocycles. The first-order valence-corrected chi connectivity index (χ1v) is 11.5. The molecule has 0 atom stereocenters. The number of halogens is 3. The van der Waals surface area contributed by atoms with Gasteiger partial charge in [-0.3, -0.25) is 24.0 Å². The average Bonchev–Trinajstić information content (AvgIpc) is 3.15. The smallest absolute Gasteiger partial charge is 0.475 e. The second-order valence-electron chi connectivity index (χ2n) is 8.97. The molecule has 2 aliphatic rings. The van der Waals surface area contributed by atoms with Crippen LogP contribution in [0.2, 0.25) is 0 Å². The number of carboxylic acid groups (broad SMARTS) is 1. The van der Waals surface area contributed by atoms with E-state index < -0.39 is 23.3 Å². The number of alkyl halides is 3. The van der Waals surface area contributed by atoms with Crippen LogP contribution in [0.1, 0.15) is 18.4 Å². The van der Waals surface area contributed by atoms with E-state index in [0.717, 1.165) is 32.5 Å². The van der Waals surface area contributed by atoms with Gasteiger partial charge in [0.1, 0.15) is 0 Å². The van der Waals surface area contributed by atoms with E-state index in [1.807, 2.05) is 37.5 Å². The van der Waals surface area contributed by atoms with Gasteiger partial charge in [-0.2, -0.15) is 17.9 Å². The Bertz CT molecular complexity index is 1370. The third kappa shape index (κ3) is 5.40. The molecule has 13 heteroatoms. The molecule has 37 heavy (non-hydrogen) atoms. The minimum Gasteiger partial charge on any atom is -0.475 e. The van der Waals surface area contributed by atoms with Crippen LogP contribution in [-0.2, 0) is 17.9 Å². The minimum atomic E-state index is -5.08. The number of anilines is 1. The Kier molecular flexibility index (Phi) is 7.16. The van der Waals surface area contributed by atoms with Crippen LogP contribution in [0.4, 0.5) is 19.1 Å². The first kappa shape index (κ1) is 26.1. The number of aliphatic carboxylic acids is 1. The molecule has 4 heterocycles. The Morgan fingerprint density at radius 3 is 2.27 bits per heavy atom. The number of pyridine rings is 1. The number of carboxylic acids is 1. The van der Waals surface area contributed by atoms with Crippen LogP contribution in [0, 0.1) is 0 Å². The number of likely N-dealkylation sites (N-methyl/N-ethyl adjacent to an activating group) is 1. The van der Waals surface area contributed by atoms with E-state index in [9.17, 15) is 22.8 Å². The summed E-state index contributed by atoms with van der Waals surface area (Å²) in [5, 5.41) is 11.7. The minimum absolute atomic E-state index is 0.188. The molecule has 1 spiro atoms. The van der Waals surface area contributed by atoms with E-state index >= 15 is 0 Å². The predicted octanol–water partition coefficient (Wildman–Crippen LogP) is 1.91. The van der Waals surface area contributed by atoms with Crippen molar-refractivity contribution < 1.29 is 23.1 Å². The lowest BCUT2D eigenvalue weighted by atomic mass is 9.87. The lowest BCUT2D eigenvalue weighted by Crippen LogP contribution is -2.53. The summed E-state index contributed by atoms with van der Waals surface area (Å²) in [6, 6.07) is 13.2. The summed E-state index contributed by atoms with van der Waals surface area (Å²) in [6.45, 7) is 3.23. The van der Waals surface area contributed by atoms with Crippen LogP contribution in [0.15, 0.2) is 64.4 Å². The number of rotatable bonds is 3. The van der Waals surface area contributed by atoms with Crippen molar-refractivity contribution in [3.8, 4) is 5.69 Å². The number of likely N-dealkylation sites (tertiary alicyclic amines) is 1. The van der Waals surface area contributed by atoms with Crippen molar-refractivity contribution in [3.05, 3.63) is 81.1 Å². The molecular formula is C24H25F3N6O4. The standard InChI is InChI=1S/C22H24N6O2.C2HF3O2/c1-25-21-24-28(18-7-3-2-4-8-18)20(30)19(29)27(21)16-22(25)9-12-26(13-10-22)15-17-6-5-11-23-14-17;3-2(4,5)1(6)7/h2-8,11,14H,9-10,12-13,15-16H2,1H3;(H,6,7). The summed E-state index contributed by atoms with van der Waals surface area (Å²) >= 11 is 0. The molecule has 0 amide bonds. The number of fused-ring (bicyclic) bond motifs is 1. The molecule has 1 N–H and O–H groups in total. The first-order chi connectivity index (χ1) is 17.5. The topological polar surface area (TPSA) is 114 Å². The van der Waals surface area contributed by atoms with Crippen LogP contribution in [-0.4, -0.2) is 67.2 Å². The molecule has 196 valence electrons. The molecule has 0 radical (unpaired) electrons. The van der Waals surface area contributed by atoms with Crippen LogP contribution >= 0.6 is 0 Å². The fourth-order valence-corrected chi connectivity index (χ4v) is 4.60. The molecule has 5 rings (SSSR count). The van der Waals surface area contributed by atoms with Gasteiger partial charge in [0.25, 0.3) is 0 Å². The predicted molar refractivity (Wildman–Crippen MR) is 128 cm³/mol. The van der Waals surface area contributed by atoms with Gasteiger partial charge in [0.15, 0.2) is 0 Å². The molecule has 2 aromatic heterocycles. The number of aromatic nitrogens is 4. The van der Waals surface area contributed by atoms with Crippen LogP contribution < -0.4 is 16.0 Å². The second-order valence-corrected chi connectivity index (χ2v) is 8.97. The van der Waals surface area contributed by atoms with Crippen molar-refractivity contribution in [2.75, 3.05) is 25.0 Å². The number of piperidine rings is 1. The Morgan fingerprint density at radius 1 is 1.05 bits per heavy atom. The van der Waals surface area contributed by atoms with E-state index in [2.05, 4.69) is 25.9 Å². The van der Waals surface area contributed by atoms with Gasteiger partial charge in [-0.1, -0.05) is 24.3 Å².